The summed E-state index contributed by atoms with van der Waals surface area (Å²) in [5.74, 6) is 0.574. The molecule has 3 unspecified atom stereocenters. The fraction of sp³-hybridized carbons (Fsp3) is 0.188. The van der Waals surface area contributed by atoms with E-state index in [2.05, 4.69) is 54.5 Å². The summed E-state index contributed by atoms with van der Waals surface area (Å²) in [5.41, 5.74) is 6.25. The number of halogens is 1. The van der Waals surface area contributed by atoms with Gasteiger partial charge in [0.05, 0.1) is 17.4 Å². The molecule has 4 aromatic carbocycles. The van der Waals surface area contributed by atoms with E-state index in [-0.39, 0.29) is 17.1 Å². The molecule has 1 amide bonds. The average molecular weight is 488 g/mol. The summed E-state index contributed by atoms with van der Waals surface area (Å²) in [5, 5.41) is 5.68. The van der Waals surface area contributed by atoms with Crippen molar-refractivity contribution in [3.05, 3.63) is 131 Å². The fourth-order valence-electron chi connectivity index (χ4n) is 6.65. The zero-order chi connectivity index (χ0) is 25.1. The summed E-state index contributed by atoms with van der Waals surface area (Å²) >= 11 is 0. The first-order chi connectivity index (χ1) is 18.1. The number of fused-ring (bicyclic) bond motifs is 2. The van der Waals surface area contributed by atoms with Gasteiger partial charge in [0.1, 0.15) is 5.82 Å². The number of carbonyl (C=O) groups excluding carboxylic acids is 1. The Morgan fingerprint density at radius 1 is 0.946 bits per heavy atom. The molecule has 37 heavy (non-hydrogen) atoms. The van der Waals surface area contributed by atoms with Crippen LogP contribution in [0.2, 0.25) is 0 Å². The number of likely N-dealkylation sites (tertiary alicyclic amines) is 1. The summed E-state index contributed by atoms with van der Waals surface area (Å²) < 4.78 is 15.4. The van der Waals surface area contributed by atoms with Crippen LogP contribution in [-0.4, -0.2) is 33.7 Å². The molecular weight excluding hydrogens is 461 g/mol. The quantitative estimate of drug-likeness (QED) is 0.299. The number of rotatable bonds is 4. The molecule has 1 aliphatic carbocycles. The highest BCUT2D eigenvalue weighted by Crippen LogP contribution is 2.69. The number of hydrogen-bond acceptors (Lipinski definition) is 2. The minimum absolute atomic E-state index is 0.0989. The van der Waals surface area contributed by atoms with Gasteiger partial charge in [0.25, 0.3) is 5.91 Å². The third-order valence-electron chi connectivity index (χ3n) is 8.33. The molecule has 1 aromatic heterocycles. The minimum Gasteiger partial charge on any atom is -0.337 e. The third-order valence-corrected chi connectivity index (χ3v) is 8.33. The van der Waals surface area contributed by atoms with Crippen molar-refractivity contribution in [3.63, 3.8) is 0 Å². The second-order valence-corrected chi connectivity index (χ2v) is 10.3. The number of nitrogens with zero attached hydrogens (tertiary/aromatic N) is 3. The first-order valence-electron chi connectivity index (χ1n) is 12.7. The summed E-state index contributed by atoms with van der Waals surface area (Å²) in [7, 11) is 0. The molecule has 2 aliphatic rings. The van der Waals surface area contributed by atoms with Crippen molar-refractivity contribution in [1.29, 1.82) is 0 Å². The molecule has 5 aromatic rings. The highest BCUT2D eigenvalue weighted by molar-refractivity contribution is 5.95. The van der Waals surface area contributed by atoms with Crippen molar-refractivity contribution < 1.29 is 9.18 Å². The largest absolute Gasteiger partial charge is 0.337 e. The molecule has 1 saturated carbocycles. The van der Waals surface area contributed by atoms with Crippen LogP contribution in [-0.2, 0) is 5.41 Å². The van der Waals surface area contributed by atoms with E-state index in [4.69, 9.17) is 0 Å². The zero-order valence-corrected chi connectivity index (χ0v) is 20.5. The molecule has 5 heteroatoms. The van der Waals surface area contributed by atoms with Crippen LogP contribution in [0.1, 0.15) is 33.0 Å². The van der Waals surface area contributed by atoms with Gasteiger partial charge in [-0.2, -0.15) is 5.10 Å². The molecule has 2 heterocycles. The molecule has 0 spiro atoms. The van der Waals surface area contributed by atoms with E-state index >= 15 is 0 Å². The Balaban J connectivity index is 1.31. The Bertz CT molecular complexity index is 1630. The molecule has 4 nitrogen and oxygen atoms in total. The van der Waals surface area contributed by atoms with Gasteiger partial charge in [0.2, 0.25) is 0 Å². The van der Waals surface area contributed by atoms with Gasteiger partial charge in [-0.3, -0.25) is 4.79 Å². The van der Waals surface area contributed by atoms with E-state index in [1.54, 1.807) is 12.1 Å². The molecule has 3 atom stereocenters. The summed E-state index contributed by atoms with van der Waals surface area (Å²) in [6.45, 7) is 3.60. The smallest absolute Gasteiger partial charge is 0.253 e. The molecule has 182 valence electrons. The Hall–Kier alpha value is -4.25. The molecular formula is C32H26FN3O. The van der Waals surface area contributed by atoms with Crippen LogP contribution in [0.3, 0.4) is 0 Å². The summed E-state index contributed by atoms with van der Waals surface area (Å²) in [4.78, 5) is 15.4. The molecule has 0 radical (unpaired) electrons. The van der Waals surface area contributed by atoms with Gasteiger partial charge in [-0.05, 0) is 78.1 Å². The standard InChI is InChI=1S/C32H26FN3O/c1-21-16-29-24(18-34-36(29)26-14-12-25(33)13-15-26)17-27(21)32-20-35(31(37)23-10-6-3-7-11-23)19-28(32)30(32)22-8-4-2-5-9-22/h2-18,28,30H,19-20H2,1H3. The van der Waals surface area contributed by atoms with Crippen LogP contribution in [0.4, 0.5) is 4.39 Å². The van der Waals surface area contributed by atoms with Crippen LogP contribution >= 0.6 is 0 Å². The van der Waals surface area contributed by atoms with Crippen molar-refractivity contribution in [3.8, 4) is 5.69 Å². The highest BCUT2D eigenvalue weighted by atomic mass is 19.1. The fourth-order valence-corrected chi connectivity index (χ4v) is 6.65. The predicted molar refractivity (Wildman–Crippen MR) is 142 cm³/mol. The molecule has 0 bridgehead atoms. The molecule has 2 fully saturated rings. The van der Waals surface area contributed by atoms with Crippen LogP contribution < -0.4 is 0 Å². The third kappa shape index (κ3) is 3.34. The van der Waals surface area contributed by atoms with E-state index in [1.165, 1.54) is 28.8 Å². The Morgan fingerprint density at radius 2 is 1.65 bits per heavy atom. The topological polar surface area (TPSA) is 38.1 Å². The van der Waals surface area contributed by atoms with Crippen molar-refractivity contribution >= 4 is 16.8 Å². The lowest BCUT2D eigenvalue weighted by atomic mass is 9.86. The van der Waals surface area contributed by atoms with Crippen molar-refractivity contribution in [2.24, 2.45) is 5.92 Å². The molecule has 0 N–H and O–H groups in total. The van der Waals surface area contributed by atoms with Crippen molar-refractivity contribution in [1.82, 2.24) is 14.7 Å². The lowest BCUT2D eigenvalue weighted by molar-refractivity contribution is 0.0769. The maximum atomic E-state index is 13.5. The average Bonchev–Trinajstić information content (AvgIpc) is 3.19. The van der Waals surface area contributed by atoms with E-state index in [1.807, 2.05) is 46.1 Å². The maximum Gasteiger partial charge on any atom is 0.253 e. The molecule has 7 rings (SSSR count). The Kier molecular flexibility index (Phi) is 4.83. The van der Waals surface area contributed by atoms with E-state index in [0.29, 0.717) is 18.4 Å². The van der Waals surface area contributed by atoms with Gasteiger partial charge < -0.3 is 4.90 Å². The van der Waals surface area contributed by atoms with E-state index < -0.39 is 0 Å². The lowest BCUT2D eigenvalue weighted by Crippen LogP contribution is -2.34. The Labute approximate surface area is 215 Å². The second-order valence-electron chi connectivity index (χ2n) is 10.3. The normalized spacial score (nSPS) is 22.3. The zero-order valence-electron chi connectivity index (χ0n) is 20.5. The summed E-state index contributed by atoms with van der Waals surface area (Å²) in [6.07, 6.45) is 1.88. The summed E-state index contributed by atoms with van der Waals surface area (Å²) in [6, 6.07) is 31.1. The number of benzene rings is 4. The van der Waals surface area contributed by atoms with Crippen LogP contribution in [0.5, 0.6) is 0 Å². The van der Waals surface area contributed by atoms with Gasteiger partial charge in [-0.25, -0.2) is 9.07 Å². The van der Waals surface area contributed by atoms with Crippen LogP contribution in [0.15, 0.2) is 103 Å². The van der Waals surface area contributed by atoms with Gasteiger partial charge in [0, 0.05) is 35.4 Å². The first-order valence-corrected chi connectivity index (χ1v) is 12.7. The van der Waals surface area contributed by atoms with Gasteiger partial charge in [-0.1, -0.05) is 48.5 Å². The van der Waals surface area contributed by atoms with Gasteiger partial charge in [-0.15, -0.1) is 0 Å². The van der Waals surface area contributed by atoms with Crippen LogP contribution in [0, 0.1) is 18.7 Å². The maximum absolute atomic E-state index is 13.5. The number of amides is 1. The van der Waals surface area contributed by atoms with E-state index in [0.717, 1.165) is 28.7 Å². The second kappa shape index (κ2) is 8.13. The number of aryl methyl sites for hydroxylation is 1. The van der Waals surface area contributed by atoms with Crippen molar-refractivity contribution in [2.45, 2.75) is 18.3 Å². The monoisotopic (exact) mass is 487 g/mol. The van der Waals surface area contributed by atoms with E-state index in [9.17, 15) is 9.18 Å². The lowest BCUT2D eigenvalue weighted by Gasteiger charge is -2.26. The number of piperidine rings is 1. The SMILES string of the molecule is Cc1cc2c(cnn2-c2ccc(F)cc2)cc1C12CN(C(=O)c3ccccc3)CC1C2c1ccccc1. The minimum atomic E-state index is -0.264. The Morgan fingerprint density at radius 3 is 2.38 bits per heavy atom. The predicted octanol–water partition coefficient (Wildman–Crippen LogP) is 6.28. The molecule has 1 aliphatic heterocycles. The van der Waals surface area contributed by atoms with Crippen LogP contribution in [0.25, 0.3) is 16.6 Å². The van der Waals surface area contributed by atoms with Crippen molar-refractivity contribution in [2.75, 3.05) is 13.1 Å². The van der Waals surface area contributed by atoms with Gasteiger partial charge >= 0.3 is 0 Å². The number of hydrogen-bond donors (Lipinski definition) is 0. The first kappa shape index (κ1) is 22.0. The number of carbonyl (C=O) groups is 1. The number of aromatic nitrogens is 2. The highest BCUT2D eigenvalue weighted by Gasteiger charge is 2.70. The molecule has 1 saturated heterocycles. The van der Waals surface area contributed by atoms with Gasteiger partial charge in [0.15, 0.2) is 0 Å².